The maximum Gasteiger partial charge on any atom is 0.195 e. The molecule has 3 rings (SSSR count). The van der Waals surface area contributed by atoms with Gasteiger partial charge in [0.25, 0.3) is 0 Å². The maximum absolute atomic E-state index is 12.7. The number of rotatable bonds is 4. The predicted octanol–water partition coefficient (Wildman–Crippen LogP) is 4.04. The van der Waals surface area contributed by atoms with Crippen molar-refractivity contribution in [2.24, 2.45) is 0 Å². The van der Waals surface area contributed by atoms with Gasteiger partial charge in [-0.1, -0.05) is 40.0 Å². The summed E-state index contributed by atoms with van der Waals surface area (Å²) in [6, 6.07) is 10.1. The fourth-order valence-corrected chi connectivity index (χ4v) is 4.29. The second-order valence-corrected chi connectivity index (χ2v) is 7.60. The van der Waals surface area contributed by atoms with Gasteiger partial charge in [0.2, 0.25) is 0 Å². The number of aromatic nitrogens is 3. The number of halogens is 3. The second-order valence-electron chi connectivity index (χ2n) is 4.93. The minimum Gasteiger partial charge on any atom is -0.606 e. The van der Waals surface area contributed by atoms with E-state index in [1.807, 2.05) is 0 Å². The number of hydrogen-bond acceptors (Lipinski definition) is 4. The van der Waals surface area contributed by atoms with E-state index in [2.05, 4.69) is 10.3 Å². The molecule has 5 nitrogen and oxygen atoms in total. The summed E-state index contributed by atoms with van der Waals surface area (Å²) >= 11 is 17.0. The first-order valence-corrected chi connectivity index (χ1v) is 9.03. The van der Waals surface area contributed by atoms with Crippen LogP contribution in [-0.2, 0) is 17.7 Å². The Balaban J connectivity index is 1.92. The summed E-state index contributed by atoms with van der Waals surface area (Å²) in [5.41, 5.74) is 6.52. The second kappa shape index (κ2) is 7.21. The number of hydrogen-bond donors (Lipinski definition) is 1. The number of benzene rings is 2. The molecular weight excluding hydrogens is 391 g/mol. The average molecular weight is 402 g/mol. The molecule has 0 aliphatic heterocycles. The summed E-state index contributed by atoms with van der Waals surface area (Å²) in [6.45, 7) is 0.360. The molecule has 1 aromatic heterocycles. The van der Waals surface area contributed by atoms with Gasteiger partial charge in [-0.15, -0.1) is 5.10 Å². The first-order chi connectivity index (χ1) is 11.5. The Morgan fingerprint density at radius 3 is 2.25 bits per heavy atom. The van der Waals surface area contributed by atoms with Crippen LogP contribution in [0.5, 0.6) is 0 Å². The summed E-state index contributed by atoms with van der Waals surface area (Å²) in [4.78, 5) is 0.924. The SMILES string of the molecule is Nc1cnnn1Cc1cc(Cl)c([S+]([O-])c2ccc(Cl)cc2)c(Cl)c1. The van der Waals surface area contributed by atoms with Crippen molar-refractivity contribution < 1.29 is 4.55 Å². The molecule has 124 valence electrons. The Labute approximate surface area is 156 Å². The van der Waals surface area contributed by atoms with Crippen LogP contribution in [0.4, 0.5) is 5.82 Å². The van der Waals surface area contributed by atoms with Gasteiger partial charge in [-0.05, 0) is 42.0 Å². The van der Waals surface area contributed by atoms with Gasteiger partial charge in [0.15, 0.2) is 9.79 Å². The van der Waals surface area contributed by atoms with Crippen LogP contribution in [0, 0.1) is 0 Å². The molecule has 1 heterocycles. The molecule has 9 heteroatoms. The van der Waals surface area contributed by atoms with Gasteiger partial charge in [-0.2, -0.15) is 0 Å². The molecule has 2 N–H and O–H groups in total. The van der Waals surface area contributed by atoms with Crippen LogP contribution in [0.15, 0.2) is 52.4 Å². The van der Waals surface area contributed by atoms with Gasteiger partial charge in [-0.3, -0.25) is 0 Å². The van der Waals surface area contributed by atoms with Gasteiger partial charge in [0.1, 0.15) is 5.82 Å². The van der Waals surface area contributed by atoms with Crippen molar-refractivity contribution in [3.8, 4) is 0 Å². The highest BCUT2D eigenvalue weighted by Gasteiger charge is 2.23. The Morgan fingerprint density at radius 1 is 1.08 bits per heavy atom. The molecule has 0 aliphatic carbocycles. The molecule has 1 atom stereocenters. The summed E-state index contributed by atoms with van der Waals surface area (Å²) < 4.78 is 14.2. The van der Waals surface area contributed by atoms with Crippen molar-refractivity contribution in [3.05, 3.63) is 63.2 Å². The van der Waals surface area contributed by atoms with Gasteiger partial charge in [0, 0.05) is 16.2 Å². The molecule has 0 amide bonds. The van der Waals surface area contributed by atoms with E-state index in [9.17, 15) is 4.55 Å². The number of anilines is 1. The minimum absolute atomic E-state index is 0.310. The monoisotopic (exact) mass is 400 g/mol. The van der Waals surface area contributed by atoms with Crippen molar-refractivity contribution in [1.82, 2.24) is 15.0 Å². The van der Waals surface area contributed by atoms with Crippen LogP contribution in [0.25, 0.3) is 0 Å². The van der Waals surface area contributed by atoms with Crippen molar-refractivity contribution in [2.75, 3.05) is 5.73 Å². The Kier molecular flexibility index (Phi) is 5.22. The average Bonchev–Trinajstić information content (AvgIpc) is 2.92. The summed E-state index contributed by atoms with van der Waals surface area (Å²) in [6.07, 6.45) is 1.45. The van der Waals surface area contributed by atoms with E-state index in [4.69, 9.17) is 40.5 Å². The smallest absolute Gasteiger partial charge is 0.195 e. The number of nitrogens with two attached hydrogens (primary N) is 1. The third kappa shape index (κ3) is 3.63. The molecule has 0 bridgehead atoms. The topological polar surface area (TPSA) is 79.8 Å². The van der Waals surface area contributed by atoms with Crippen LogP contribution >= 0.6 is 34.8 Å². The molecule has 24 heavy (non-hydrogen) atoms. The van der Waals surface area contributed by atoms with E-state index in [0.29, 0.717) is 37.2 Å². The van der Waals surface area contributed by atoms with Gasteiger partial charge < -0.3 is 10.3 Å². The number of nitrogen functional groups attached to an aromatic ring is 1. The first kappa shape index (κ1) is 17.4. The van der Waals surface area contributed by atoms with Crippen LogP contribution in [0.1, 0.15) is 5.56 Å². The van der Waals surface area contributed by atoms with Gasteiger partial charge in [0.05, 0.1) is 22.8 Å². The van der Waals surface area contributed by atoms with Crippen molar-refractivity contribution in [1.29, 1.82) is 0 Å². The lowest BCUT2D eigenvalue weighted by atomic mass is 10.2. The van der Waals surface area contributed by atoms with Crippen LogP contribution in [0.3, 0.4) is 0 Å². The van der Waals surface area contributed by atoms with Crippen LogP contribution in [-0.4, -0.2) is 19.5 Å². The van der Waals surface area contributed by atoms with Gasteiger partial charge >= 0.3 is 0 Å². The van der Waals surface area contributed by atoms with Gasteiger partial charge in [-0.25, -0.2) is 4.68 Å². The summed E-state index contributed by atoms with van der Waals surface area (Å²) in [7, 11) is 0. The van der Waals surface area contributed by atoms with Crippen molar-refractivity contribution >= 4 is 51.8 Å². The molecule has 0 saturated heterocycles. The molecule has 3 aromatic rings. The summed E-state index contributed by atoms with van der Waals surface area (Å²) in [5, 5.41) is 8.77. The fourth-order valence-electron chi connectivity index (χ4n) is 2.12. The maximum atomic E-state index is 12.7. The molecule has 2 aromatic carbocycles. The van der Waals surface area contributed by atoms with E-state index in [0.717, 1.165) is 5.56 Å². The predicted molar refractivity (Wildman–Crippen MR) is 96.1 cm³/mol. The Morgan fingerprint density at radius 2 is 1.71 bits per heavy atom. The quantitative estimate of drug-likeness (QED) is 0.669. The molecule has 0 radical (unpaired) electrons. The molecule has 0 aliphatic rings. The highest BCUT2D eigenvalue weighted by atomic mass is 35.5. The van der Waals surface area contributed by atoms with E-state index in [-0.39, 0.29) is 0 Å². The van der Waals surface area contributed by atoms with E-state index in [1.54, 1.807) is 36.4 Å². The molecule has 0 fully saturated rings. The van der Waals surface area contributed by atoms with E-state index in [1.165, 1.54) is 10.9 Å². The van der Waals surface area contributed by atoms with Crippen LogP contribution < -0.4 is 5.73 Å². The molecule has 0 spiro atoms. The lowest BCUT2D eigenvalue weighted by molar-refractivity contribution is 0.595. The van der Waals surface area contributed by atoms with E-state index >= 15 is 0 Å². The zero-order valence-electron chi connectivity index (χ0n) is 12.1. The van der Waals surface area contributed by atoms with Crippen molar-refractivity contribution in [2.45, 2.75) is 16.3 Å². The zero-order valence-corrected chi connectivity index (χ0v) is 15.2. The van der Waals surface area contributed by atoms with E-state index < -0.39 is 11.2 Å². The fraction of sp³-hybridized carbons (Fsp3) is 0.0667. The lowest BCUT2D eigenvalue weighted by Gasteiger charge is -2.14. The third-order valence-electron chi connectivity index (χ3n) is 3.25. The zero-order chi connectivity index (χ0) is 17.3. The third-order valence-corrected chi connectivity index (χ3v) is 5.83. The normalized spacial score (nSPS) is 12.3. The van der Waals surface area contributed by atoms with Crippen molar-refractivity contribution in [3.63, 3.8) is 0 Å². The lowest BCUT2D eigenvalue weighted by Crippen LogP contribution is -2.08. The molecule has 1 unspecified atom stereocenters. The molecule has 0 saturated carbocycles. The summed E-state index contributed by atoms with van der Waals surface area (Å²) in [5.74, 6) is 0.427. The highest BCUT2D eigenvalue weighted by molar-refractivity contribution is 7.91. The minimum atomic E-state index is -1.51. The van der Waals surface area contributed by atoms with Crippen LogP contribution in [0.2, 0.25) is 15.1 Å². The molecular formula is C15H11Cl3N4OS. The Hall–Kier alpha value is -1.44. The standard InChI is InChI=1S/C15H11Cl3N4OS/c16-10-1-3-11(4-2-10)24(23)15-12(17)5-9(6-13(15)18)8-22-14(19)7-20-21-22/h1-7H,8,19H2. The Bertz CT molecular complexity index is 846. The largest absolute Gasteiger partial charge is 0.606 e. The highest BCUT2D eigenvalue weighted by Crippen LogP contribution is 2.35. The first-order valence-electron chi connectivity index (χ1n) is 6.75. The number of nitrogens with zero attached hydrogens (tertiary/aromatic N) is 3.